The van der Waals surface area contributed by atoms with Crippen molar-refractivity contribution < 1.29 is 0 Å². The fourth-order valence-electron chi connectivity index (χ4n) is 2.46. The molecule has 96 valence electrons. The highest BCUT2D eigenvalue weighted by molar-refractivity contribution is 7.07. The quantitative estimate of drug-likeness (QED) is 0.802. The summed E-state index contributed by atoms with van der Waals surface area (Å²) in [5.74, 6) is 0. The molecule has 2 nitrogen and oxygen atoms in total. The van der Waals surface area contributed by atoms with E-state index in [1.165, 1.54) is 24.9 Å². The lowest BCUT2D eigenvalue weighted by Crippen LogP contribution is -2.40. The average Bonchev–Trinajstić information content (AvgIpc) is 2.97. The van der Waals surface area contributed by atoms with Crippen molar-refractivity contribution in [3.05, 3.63) is 22.4 Å². The second-order valence-corrected chi connectivity index (χ2v) is 6.74. The molecule has 0 atom stereocenters. The van der Waals surface area contributed by atoms with Crippen LogP contribution in [0.5, 0.6) is 0 Å². The Morgan fingerprint density at radius 2 is 2.24 bits per heavy atom. The molecule has 0 saturated heterocycles. The molecule has 1 aromatic heterocycles. The van der Waals surface area contributed by atoms with Gasteiger partial charge < -0.3 is 5.32 Å². The lowest BCUT2D eigenvalue weighted by molar-refractivity contribution is 0.162. The maximum atomic E-state index is 3.31. The van der Waals surface area contributed by atoms with Crippen molar-refractivity contribution >= 4 is 11.3 Å². The van der Waals surface area contributed by atoms with Crippen molar-refractivity contribution in [1.29, 1.82) is 0 Å². The van der Waals surface area contributed by atoms with Crippen LogP contribution in [0.25, 0.3) is 0 Å². The maximum absolute atomic E-state index is 3.31. The third kappa shape index (κ3) is 4.09. The second kappa shape index (κ2) is 5.51. The van der Waals surface area contributed by atoms with Gasteiger partial charge in [0, 0.05) is 25.7 Å². The van der Waals surface area contributed by atoms with Gasteiger partial charge in [-0.2, -0.15) is 11.3 Å². The summed E-state index contributed by atoms with van der Waals surface area (Å²) >= 11 is 1.80. The van der Waals surface area contributed by atoms with E-state index in [0.717, 1.165) is 19.1 Å². The monoisotopic (exact) mass is 252 g/mol. The van der Waals surface area contributed by atoms with Gasteiger partial charge in [0.25, 0.3) is 0 Å². The number of hydrogen-bond donors (Lipinski definition) is 1. The van der Waals surface area contributed by atoms with E-state index < -0.39 is 0 Å². The Labute approximate surface area is 109 Å². The summed E-state index contributed by atoms with van der Waals surface area (Å²) in [7, 11) is 2.04. The standard InChI is InChI=1S/C14H24N2S/c1-14(2,10-15-3)11-16(13-4-5-13)8-12-6-7-17-9-12/h6-7,9,13,15H,4-5,8,10-11H2,1-3H3. The topological polar surface area (TPSA) is 15.3 Å². The molecule has 0 radical (unpaired) electrons. The van der Waals surface area contributed by atoms with Gasteiger partial charge in [0.2, 0.25) is 0 Å². The zero-order chi connectivity index (χ0) is 12.3. The van der Waals surface area contributed by atoms with Crippen molar-refractivity contribution in [3.63, 3.8) is 0 Å². The minimum atomic E-state index is 0.355. The summed E-state index contributed by atoms with van der Waals surface area (Å²) in [6.45, 7) is 8.11. The van der Waals surface area contributed by atoms with E-state index in [9.17, 15) is 0 Å². The van der Waals surface area contributed by atoms with Crippen LogP contribution in [-0.4, -0.2) is 31.1 Å². The maximum Gasteiger partial charge on any atom is 0.0245 e. The molecule has 3 heteroatoms. The molecule has 0 bridgehead atoms. The van der Waals surface area contributed by atoms with Crippen LogP contribution in [0.2, 0.25) is 0 Å². The van der Waals surface area contributed by atoms with Crippen LogP contribution in [0.1, 0.15) is 32.3 Å². The van der Waals surface area contributed by atoms with Gasteiger partial charge in [-0.25, -0.2) is 0 Å². The Bertz CT molecular complexity index is 328. The van der Waals surface area contributed by atoms with Crippen molar-refractivity contribution in [1.82, 2.24) is 10.2 Å². The van der Waals surface area contributed by atoms with Crippen LogP contribution in [0, 0.1) is 5.41 Å². The van der Waals surface area contributed by atoms with Crippen molar-refractivity contribution in [2.45, 2.75) is 39.3 Å². The van der Waals surface area contributed by atoms with E-state index in [-0.39, 0.29) is 0 Å². The molecule has 1 N–H and O–H groups in total. The minimum absolute atomic E-state index is 0.355. The molecule has 1 heterocycles. The molecule has 1 aliphatic rings. The van der Waals surface area contributed by atoms with Gasteiger partial charge in [-0.3, -0.25) is 4.90 Å². The van der Waals surface area contributed by atoms with Gasteiger partial charge in [0.05, 0.1) is 0 Å². The van der Waals surface area contributed by atoms with Crippen molar-refractivity contribution in [2.75, 3.05) is 20.1 Å². The Kier molecular flexibility index (Phi) is 4.23. The smallest absolute Gasteiger partial charge is 0.0245 e. The van der Waals surface area contributed by atoms with Gasteiger partial charge in [-0.15, -0.1) is 0 Å². The first-order chi connectivity index (χ1) is 8.11. The van der Waals surface area contributed by atoms with E-state index in [1.807, 2.05) is 7.05 Å². The number of nitrogens with zero attached hydrogens (tertiary/aromatic N) is 1. The molecule has 2 rings (SSSR count). The summed E-state index contributed by atoms with van der Waals surface area (Å²) in [6, 6.07) is 3.09. The molecule has 1 aliphatic carbocycles. The van der Waals surface area contributed by atoms with E-state index >= 15 is 0 Å². The third-order valence-electron chi connectivity index (χ3n) is 3.32. The summed E-state index contributed by atoms with van der Waals surface area (Å²) in [5.41, 5.74) is 1.83. The second-order valence-electron chi connectivity index (χ2n) is 5.96. The van der Waals surface area contributed by atoms with Crippen molar-refractivity contribution in [2.24, 2.45) is 5.41 Å². The Morgan fingerprint density at radius 1 is 1.47 bits per heavy atom. The van der Waals surface area contributed by atoms with Gasteiger partial charge in [-0.05, 0) is 47.7 Å². The largest absolute Gasteiger partial charge is 0.319 e. The van der Waals surface area contributed by atoms with Crippen molar-refractivity contribution in [3.8, 4) is 0 Å². The van der Waals surface area contributed by atoms with Crippen LogP contribution in [0.3, 0.4) is 0 Å². The average molecular weight is 252 g/mol. The molecular formula is C14H24N2S. The van der Waals surface area contributed by atoms with Crippen LogP contribution in [-0.2, 0) is 6.54 Å². The Morgan fingerprint density at radius 3 is 2.76 bits per heavy atom. The fourth-order valence-corrected chi connectivity index (χ4v) is 3.11. The highest BCUT2D eigenvalue weighted by atomic mass is 32.1. The molecule has 17 heavy (non-hydrogen) atoms. The minimum Gasteiger partial charge on any atom is -0.319 e. The van der Waals surface area contributed by atoms with E-state index in [1.54, 1.807) is 11.3 Å². The molecular weight excluding hydrogens is 228 g/mol. The SMILES string of the molecule is CNCC(C)(C)CN(Cc1ccsc1)C1CC1. The van der Waals surface area contributed by atoms with Gasteiger partial charge in [0.15, 0.2) is 0 Å². The van der Waals surface area contributed by atoms with Gasteiger partial charge in [0.1, 0.15) is 0 Å². The van der Waals surface area contributed by atoms with E-state index in [4.69, 9.17) is 0 Å². The Hall–Kier alpha value is -0.380. The molecule has 1 fully saturated rings. The number of thiophene rings is 1. The summed E-state index contributed by atoms with van der Waals surface area (Å²) in [5, 5.41) is 7.76. The van der Waals surface area contributed by atoms with Crippen LogP contribution in [0.15, 0.2) is 16.8 Å². The zero-order valence-electron chi connectivity index (χ0n) is 11.2. The summed E-state index contributed by atoms with van der Waals surface area (Å²) in [4.78, 5) is 2.67. The number of hydrogen-bond acceptors (Lipinski definition) is 3. The van der Waals surface area contributed by atoms with Crippen LogP contribution in [0.4, 0.5) is 0 Å². The molecule has 1 aromatic rings. The highest BCUT2D eigenvalue weighted by Crippen LogP contribution is 2.31. The number of rotatable bonds is 7. The molecule has 0 aliphatic heterocycles. The molecule has 0 amide bonds. The predicted molar refractivity (Wildman–Crippen MR) is 75.5 cm³/mol. The summed E-state index contributed by atoms with van der Waals surface area (Å²) in [6.07, 6.45) is 2.78. The first-order valence-corrected chi connectivity index (χ1v) is 7.45. The molecule has 0 unspecified atom stereocenters. The summed E-state index contributed by atoms with van der Waals surface area (Å²) < 4.78 is 0. The van der Waals surface area contributed by atoms with Crippen LogP contribution >= 0.6 is 11.3 Å². The fraction of sp³-hybridized carbons (Fsp3) is 0.714. The Balaban J connectivity index is 1.93. The lowest BCUT2D eigenvalue weighted by Gasteiger charge is -2.32. The lowest BCUT2D eigenvalue weighted by atomic mass is 9.92. The number of nitrogens with one attached hydrogen (secondary N) is 1. The van der Waals surface area contributed by atoms with Gasteiger partial charge >= 0.3 is 0 Å². The normalized spacial score (nSPS) is 16.7. The van der Waals surface area contributed by atoms with Crippen LogP contribution < -0.4 is 5.32 Å². The zero-order valence-corrected chi connectivity index (χ0v) is 12.0. The van der Waals surface area contributed by atoms with Gasteiger partial charge in [-0.1, -0.05) is 13.8 Å². The molecule has 0 spiro atoms. The van der Waals surface area contributed by atoms with E-state index in [2.05, 4.69) is 40.9 Å². The molecule has 1 saturated carbocycles. The first-order valence-electron chi connectivity index (χ1n) is 6.50. The first kappa shape index (κ1) is 13.1. The third-order valence-corrected chi connectivity index (χ3v) is 4.05. The highest BCUT2D eigenvalue weighted by Gasteiger charge is 2.32. The predicted octanol–water partition coefficient (Wildman–Crippen LogP) is 2.96. The molecule has 0 aromatic carbocycles. The van der Waals surface area contributed by atoms with E-state index in [0.29, 0.717) is 5.41 Å².